The quantitative estimate of drug-likeness (QED) is 0.526. The van der Waals surface area contributed by atoms with Gasteiger partial charge in [0, 0.05) is 18.4 Å². The fourth-order valence-electron chi connectivity index (χ4n) is 3.06. The minimum absolute atomic E-state index is 0.353. The van der Waals surface area contributed by atoms with Crippen LogP contribution in [-0.4, -0.2) is 11.7 Å². The maximum Gasteiger partial charge on any atom is 0.126 e. The summed E-state index contributed by atoms with van der Waals surface area (Å²) in [7, 11) is 0. The van der Waals surface area contributed by atoms with Crippen LogP contribution in [0.2, 0.25) is 0 Å². The Morgan fingerprint density at radius 1 is 0.769 bits per heavy atom. The molecule has 0 atom stereocenters. The molecule has 3 aromatic rings. The molecule has 0 aromatic heterocycles. The van der Waals surface area contributed by atoms with Gasteiger partial charge in [-0.2, -0.15) is 0 Å². The number of hydrogen-bond donors (Lipinski definition) is 1. The van der Waals surface area contributed by atoms with Crippen molar-refractivity contribution in [3.05, 3.63) is 95.1 Å². The molecule has 0 saturated carbocycles. The Kier molecular flexibility index (Phi) is 6.32. The molecule has 0 aliphatic heterocycles. The molecule has 0 aliphatic carbocycles. The number of phenols is 1. The van der Waals surface area contributed by atoms with E-state index in [0.717, 1.165) is 29.7 Å². The van der Waals surface area contributed by atoms with Crippen LogP contribution in [0, 0.1) is 0 Å². The fraction of sp³-hybridized carbons (Fsp3) is 0.250. The zero-order chi connectivity index (χ0) is 18.2. The van der Waals surface area contributed by atoms with Crippen molar-refractivity contribution in [2.75, 3.05) is 6.61 Å². The molecule has 26 heavy (non-hydrogen) atoms. The first kappa shape index (κ1) is 18.1. The Labute approximate surface area is 156 Å². The molecule has 3 rings (SSSR count). The smallest absolute Gasteiger partial charge is 0.126 e. The van der Waals surface area contributed by atoms with Crippen LogP contribution in [0.5, 0.6) is 11.5 Å². The molecule has 0 bridgehead atoms. The van der Waals surface area contributed by atoms with Crippen molar-refractivity contribution in [2.24, 2.45) is 0 Å². The molecular formula is C24H26O2. The van der Waals surface area contributed by atoms with Gasteiger partial charge >= 0.3 is 0 Å². The van der Waals surface area contributed by atoms with Gasteiger partial charge in [0.15, 0.2) is 0 Å². The standard InChI is InChI=1S/C24H26O2/c1-2-3-16-26-23-15-14-21(17-19-10-6-4-7-11-19)24(25)22(23)18-20-12-8-5-9-13-20/h4-15,25H,2-3,16-18H2,1H3. The van der Waals surface area contributed by atoms with E-state index in [0.29, 0.717) is 25.2 Å². The number of unbranched alkanes of at least 4 members (excludes halogenated alkanes) is 1. The Morgan fingerprint density at radius 2 is 1.38 bits per heavy atom. The van der Waals surface area contributed by atoms with Crippen molar-refractivity contribution >= 4 is 0 Å². The monoisotopic (exact) mass is 346 g/mol. The molecule has 1 N–H and O–H groups in total. The lowest BCUT2D eigenvalue weighted by molar-refractivity contribution is 0.304. The molecule has 0 aliphatic rings. The minimum atomic E-state index is 0.353. The number of ether oxygens (including phenoxy) is 1. The average molecular weight is 346 g/mol. The fourth-order valence-corrected chi connectivity index (χ4v) is 3.06. The van der Waals surface area contributed by atoms with Gasteiger partial charge in [0.1, 0.15) is 11.5 Å². The van der Waals surface area contributed by atoms with E-state index >= 15 is 0 Å². The molecular weight excluding hydrogens is 320 g/mol. The van der Waals surface area contributed by atoms with E-state index < -0.39 is 0 Å². The number of hydrogen-bond acceptors (Lipinski definition) is 2. The van der Waals surface area contributed by atoms with Crippen LogP contribution in [0.3, 0.4) is 0 Å². The van der Waals surface area contributed by atoms with E-state index in [4.69, 9.17) is 4.74 Å². The van der Waals surface area contributed by atoms with Gasteiger partial charge < -0.3 is 9.84 Å². The summed E-state index contributed by atoms with van der Waals surface area (Å²) in [4.78, 5) is 0. The van der Waals surface area contributed by atoms with Crippen LogP contribution in [0.1, 0.15) is 42.0 Å². The topological polar surface area (TPSA) is 29.5 Å². The Bertz CT molecular complexity index is 810. The van der Waals surface area contributed by atoms with Crippen LogP contribution >= 0.6 is 0 Å². The summed E-state index contributed by atoms with van der Waals surface area (Å²) in [5.41, 5.74) is 4.17. The Hall–Kier alpha value is -2.74. The highest BCUT2D eigenvalue weighted by atomic mass is 16.5. The largest absolute Gasteiger partial charge is 0.507 e. The third-order valence-electron chi connectivity index (χ3n) is 4.54. The summed E-state index contributed by atoms with van der Waals surface area (Å²) in [6.07, 6.45) is 3.48. The Balaban J connectivity index is 1.91. The zero-order valence-corrected chi connectivity index (χ0v) is 15.3. The van der Waals surface area contributed by atoms with Crippen molar-refractivity contribution in [3.63, 3.8) is 0 Å². The second kappa shape index (κ2) is 9.10. The lowest BCUT2D eigenvalue weighted by atomic mass is 9.96. The van der Waals surface area contributed by atoms with E-state index in [2.05, 4.69) is 31.2 Å². The third kappa shape index (κ3) is 4.66. The highest BCUT2D eigenvalue weighted by Gasteiger charge is 2.15. The second-order valence-corrected chi connectivity index (χ2v) is 6.58. The van der Waals surface area contributed by atoms with Crippen LogP contribution in [0.15, 0.2) is 72.8 Å². The van der Waals surface area contributed by atoms with Crippen molar-refractivity contribution in [1.29, 1.82) is 0 Å². The van der Waals surface area contributed by atoms with Gasteiger partial charge in [-0.05, 0) is 29.2 Å². The summed E-state index contributed by atoms with van der Waals surface area (Å²) < 4.78 is 5.98. The SMILES string of the molecule is CCCCOc1ccc(Cc2ccccc2)c(O)c1Cc1ccccc1. The van der Waals surface area contributed by atoms with Crippen molar-refractivity contribution < 1.29 is 9.84 Å². The number of rotatable bonds is 8. The first-order valence-electron chi connectivity index (χ1n) is 9.32. The summed E-state index contributed by atoms with van der Waals surface area (Å²) in [5.74, 6) is 1.14. The van der Waals surface area contributed by atoms with Crippen LogP contribution in [0.25, 0.3) is 0 Å². The molecule has 0 spiro atoms. The predicted octanol–water partition coefficient (Wildman–Crippen LogP) is 5.75. The molecule has 2 heteroatoms. The summed E-state index contributed by atoms with van der Waals surface area (Å²) >= 11 is 0. The molecule has 2 nitrogen and oxygen atoms in total. The number of benzene rings is 3. The lowest BCUT2D eigenvalue weighted by Gasteiger charge is -2.16. The molecule has 0 fully saturated rings. The van der Waals surface area contributed by atoms with E-state index in [1.54, 1.807) is 0 Å². The van der Waals surface area contributed by atoms with Gasteiger partial charge in [-0.15, -0.1) is 0 Å². The van der Waals surface area contributed by atoms with Gasteiger partial charge in [0.25, 0.3) is 0 Å². The predicted molar refractivity (Wildman–Crippen MR) is 107 cm³/mol. The molecule has 134 valence electrons. The highest BCUT2D eigenvalue weighted by molar-refractivity contribution is 5.52. The summed E-state index contributed by atoms with van der Waals surface area (Å²) in [5, 5.41) is 11.0. The first-order chi connectivity index (χ1) is 12.8. The van der Waals surface area contributed by atoms with Crippen molar-refractivity contribution in [1.82, 2.24) is 0 Å². The zero-order valence-electron chi connectivity index (χ0n) is 15.3. The van der Waals surface area contributed by atoms with E-state index in [1.807, 2.05) is 48.5 Å². The second-order valence-electron chi connectivity index (χ2n) is 6.58. The summed E-state index contributed by atoms with van der Waals surface area (Å²) in [6, 6.07) is 24.4. The first-order valence-corrected chi connectivity index (χ1v) is 9.32. The van der Waals surface area contributed by atoms with Crippen LogP contribution < -0.4 is 4.74 Å². The van der Waals surface area contributed by atoms with Gasteiger partial charge in [-0.25, -0.2) is 0 Å². The number of phenolic OH excluding ortho intramolecular Hbond substituents is 1. The molecule has 0 amide bonds. The molecule has 0 saturated heterocycles. The van der Waals surface area contributed by atoms with Gasteiger partial charge in [0.05, 0.1) is 6.61 Å². The van der Waals surface area contributed by atoms with Crippen LogP contribution in [0.4, 0.5) is 0 Å². The Morgan fingerprint density at radius 3 is 2.00 bits per heavy atom. The summed E-state index contributed by atoms with van der Waals surface area (Å²) in [6.45, 7) is 2.82. The van der Waals surface area contributed by atoms with Gasteiger partial charge in [-0.1, -0.05) is 80.1 Å². The van der Waals surface area contributed by atoms with Gasteiger partial charge in [-0.3, -0.25) is 0 Å². The number of aromatic hydroxyl groups is 1. The maximum absolute atomic E-state index is 11.0. The average Bonchev–Trinajstić information content (AvgIpc) is 2.68. The maximum atomic E-state index is 11.0. The van der Waals surface area contributed by atoms with Crippen molar-refractivity contribution in [3.8, 4) is 11.5 Å². The third-order valence-corrected chi connectivity index (χ3v) is 4.54. The molecule has 0 radical (unpaired) electrons. The molecule has 0 heterocycles. The van der Waals surface area contributed by atoms with E-state index in [-0.39, 0.29) is 0 Å². The van der Waals surface area contributed by atoms with E-state index in [1.165, 1.54) is 11.1 Å². The molecule has 0 unspecified atom stereocenters. The molecule has 3 aromatic carbocycles. The van der Waals surface area contributed by atoms with E-state index in [9.17, 15) is 5.11 Å². The highest BCUT2D eigenvalue weighted by Crippen LogP contribution is 2.34. The minimum Gasteiger partial charge on any atom is -0.507 e. The normalized spacial score (nSPS) is 10.7. The van der Waals surface area contributed by atoms with Crippen LogP contribution in [-0.2, 0) is 12.8 Å². The van der Waals surface area contributed by atoms with Gasteiger partial charge in [0.2, 0.25) is 0 Å². The van der Waals surface area contributed by atoms with Crippen molar-refractivity contribution in [2.45, 2.75) is 32.6 Å². The lowest BCUT2D eigenvalue weighted by Crippen LogP contribution is -2.03.